The molecule has 2 heterocycles. The van der Waals surface area contributed by atoms with Crippen LogP contribution in [0.15, 0.2) is 24.3 Å². The smallest absolute Gasteiger partial charge is 0.225 e. The van der Waals surface area contributed by atoms with Gasteiger partial charge in [-0.1, -0.05) is 18.9 Å². The first-order chi connectivity index (χ1) is 14.9. The number of nitrogens with two attached hydrogens (primary N) is 1. The predicted octanol–water partition coefficient (Wildman–Crippen LogP) is 3.40. The van der Waals surface area contributed by atoms with Gasteiger partial charge in [0, 0.05) is 30.3 Å². The number of hydrogen-bond acceptors (Lipinski definition) is 6. The Labute approximate surface area is 181 Å². The summed E-state index contributed by atoms with van der Waals surface area (Å²) in [4.78, 5) is 23.6. The van der Waals surface area contributed by atoms with Gasteiger partial charge in [-0.25, -0.2) is 9.37 Å². The molecule has 1 aromatic carbocycles. The van der Waals surface area contributed by atoms with Crippen molar-refractivity contribution >= 4 is 17.7 Å². The van der Waals surface area contributed by atoms with E-state index in [0.717, 1.165) is 25.7 Å². The lowest BCUT2D eigenvalue weighted by atomic mass is 9.92. The second-order valence-electron chi connectivity index (χ2n) is 8.54. The van der Waals surface area contributed by atoms with Gasteiger partial charge in [-0.15, -0.1) is 0 Å². The highest BCUT2D eigenvalue weighted by Gasteiger charge is 2.32. The average molecular weight is 423 g/mol. The lowest BCUT2D eigenvalue weighted by Gasteiger charge is -2.38. The minimum Gasteiger partial charge on any atom is -0.368 e. The number of amides is 1. The second-order valence-corrected chi connectivity index (χ2v) is 8.54. The third-order valence-corrected chi connectivity index (χ3v) is 6.36. The fourth-order valence-corrected chi connectivity index (χ4v) is 4.54. The Morgan fingerprint density at radius 3 is 2.71 bits per heavy atom. The third-order valence-electron chi connectivity index (χ3n) is 6.36. The average Bonchev–Trinajstić information content (AvgIpc) is 3.26. The van der Waals surface area contributed by atoms with Crippen molar-refractivity contribution in [1.82, 2.24) is 15.3 Å². The number of piperidine rings is 1. The molecule has 2 fully saturated rings. The fourth-order valence-electron chi connectivity index (χ4n) is 4.54. The Kier molecular flexibility index (Phi) is 6.03. The molecule has 0 radical (unpaired) electrons. The summed E-state index contributed by atoms with van der Waals surface area (Å²) in [6.07, 6.45) is 6.18. The van der Waals surface area contributed by atoms with E-state index in [1.54, 1.807) is 12.1 Å². The molecule has 2 unspecified atom stereocenters. The number of halogens is 1. The van der Waals surface area contributed by atoms with Crippen LogP contribution in [0.4, 0.5) is 16.2 Å². The first kappa shape index (κ1) is 21.0. The maximum absolute atomic E-state index is 14.1. The summed E-state index contributed by atoms with van der Waals surface area (Å²) >= 11 is 0. The zero-order valence-corrected chi connectivity index (χ0v) is 17.6. The van der Waals surface area contributed by atoms with E-state index in [9.17, 15) is 9.18 Å². The van der Waals surface area contributed by atoms with Gasteiger partial charge in [-0.2, -0.15) is 10.2 Å². The van der Waals surface area contributed by atoms with E-state index in [2.05, 4.69) is 27.1 Å². The van der Waals surface area contributed by atoms with E-state index in [1.165, 1.54) is 25.0 Å². The molecule has 4 rings (SSSR count). The van der Waals surface area contributed by atoms with Crippen molar-refractivity contribution in [2.75, 3.05) is 17.2 Å². The third kappa shape index (κ3) is 4.61. The quantitative estimate of drug-likeness (QED) is 0.782. The number of nitriles is 1. The van der Waals surface area contributed by atoms with Gasteiger partial charge in [0.25, 0.3) is 0 Å². The van der Waals surface area contributed by atoms with Crippen LogP contribution in [0.25, 0.3) is 11.3 Å². The standard InChI is InChI=1S/C23H27FN6O/c1-14-6-7-17(22(31)27-18-4-2-3-5-18)13-30(14)21-11-20(28-23(26)29-21)15-8-9-16(12-25)19(24)10-15/h8-11,14,17-18H,2-7,13H2,1H3,(H,27,31)(H2,26,28,29). The second kappa shape index (κ2) is 8.88. The number of carbonyl (C=O) groups is 1. The Bertz CT molecular complexity index is 1010. The highest BCUT2D eigenvalue weighted by atomic mass is 19.1. The van der Waals surface area contributed by atoms with Gasteiger partial charge in [-0.3, -0.25) is 4.79 Å². The van der Waals surface area contributed by atoms with Crippen molar-refractivity contribution in [3.8, 4) is 17.3 Å². The highest BCUT2D eigenvalue weighted by molar-refractivity contribution is 5.80. The molecule has 1 aliphatic heterocycles. The van der Waals surface area contributed by atoms with Crippen LogP contribution in [-0.2, 0) is 4.79 Å². The Hall–Kier alpha value is -3.21. The molecule has 1 saturated heterocycles. The number of carbonyl (C=O) groups excluding carboxylic acids is 1. The van der Waals surface area contributed by atoms with Crippen LogP contribution in [0.5, 0.6) is 0 Å². The highest BCUT2D eigenvalue weighted by Crippen LogP contribution is 2.30. The number of nitrogens with one attached hydrogen (secondary N) is 1. The van der Waals surface area contributed by atoms with Gasteiger partial charge in [-0.05, 0) is 44.7 Å². The Morgan fingerprint density at radius 1 is 1.23 bits per heavy atom. The zero-order valence-electron chi connectivity index (χ0n) is 17.6. The van der Waals surface area contributed by atoms with Gasteiger partial charge >= 0.3 is 0 Å². The molecule has 1 aromatic heterocycles. The van der Waals surface area contributed by atoms with Crippen LogP contribution in [0.2, 0.25) is 0 Å². The van der Waals surface area contributed by atoms with Crippen LogP contribution in [0, 0.1) is 23.1 Å². The van der Waals surface area contributed by atoms with Gasteiger partial charge in [0.05, 0.1) is 17.2 Å². The molecular formula is C23H27FN6O. The van der Waals surface area contributed by atoms with Crippen LogP contribution in [-0.4, -0.2) is 34.5 Å². The number of benzene rings is 1. The van der Waals surface area contributed by atoms with E-state index in [0.29, 0.717) is 29.7 Å². The van der Waals surface area contributed by atoms with Gasteiger partial charge in [0.2, 0.25) is 11.9 Å². The summed E-state index contributed by atoms with van der Waals surface area (Å²) < 4.78 is 14.1. The van der Waals surface area contributed by atoms with Crippen molar-refractivity contribution in [2.45, 2.75) is 57.5 Å². The number of hydrogen-bond donors (Lipinski definition) is 2. The SMILES string of the molecule is CC1CCC(C(=O)NC2CCCC2)CN1c1cc(-c2ccc(C#N)c(F)c2)nc(N)n1. The first-order valence-corrected chi connectivity index (χ1v) is 10.9. The van der Waals surface area contributed by atoms with E-state index in [-0.39, 0.29) is 29.4 Å². The molecule has 0 bridgehead atoms. The molecule has 1 amide bonds. The van der Waals surface area contributed by atoms with Crippen molar-refractivity contribution < 1.29 is 9.18 Å². The topological polar surface area (TPSA) is 108 Å². The lowest BCUT2D eigenvalue weighted by molar-refractivity contribution is -0.126. The largest absolute Gasteiger partial charge is 0.368 e. The minimum atomic E-state index is -0.603. The lowest BCUT2D eigenvalue weighted by Crippen LogP contribution is -2.48. The minimum absolute atomic E-state index is 0.0215. The summed E-state index contributed by atoms with van der Waals surface area (Å²) in [6.45, 7) is 2.65. The molecule has 0 spiro atoms. The molecule has 162 valence electrons. The number of rotatable bonds is 4. The van der Waals surface area contributed by atoms with Crippen LogP contribution in [0.1, 0.15) is 51.0 Å². The maximum atomic E-state index is 14.1. The maximum Gasteiger partial charge on any atom is 0.225 e. The number of aromatic nitrogens is 2. The van der Waals surface area contributed by atoms with Crippen molar-refractivity contribution in [3.63, 3.8) is 0 Å². The number of nitrogen functional groups attached to an aromatic ring is 1. The van der Waals surface area contributed by atoms with Crippen LogP contribution in [0.3, 0.4) is 0 Å². The summed E-state index contributed by atoms with van der Waals surface area (Å²) in [5, 5.41) is 12.2. The van der Waals surface area contributed by atoms with E-state index in [1.807, 2.05) is 6.07 Å². The van der Waals surface area contributed by atoms with Crippen LogP contribution >= 0.6 is 0 Å². The summed E-state index contributed by atoms with van der Waals surface area (Å²) in [6, 6.07) is 8.42. The van der Waals surface area contributed by atoms with Gasteiger partial charge < -0.3 is 16.0 Å². The molecule has 7 nitrogen and oxygen atoms in total. The fraction of sp³-hybridized carbons (Fsp3) is 0.478. The van der Waals surface area contributed by atoms with Crippen LogP contribution < -0.4 is 16.0 Å². The Morgan fingerprint density at radius 2 is 2.00 bits per heavy atom. The summed E-state index contributed by atoms with van der Waals surface area (Å²) in [5.41, 5.74) is 6.95. The van der Waals surface area contributed by atoms with Crippen molar-refractivity contribution in [3.05, 3.63) is 35.6 Å². The van der Waals surface area contributed by atoms with E-state index in [4.69, 9.17) is 11.0 Å². The molecule has 8 heteroatoms. The summed E-state index contributed by atoms with van der Waals surface area (Å²) in [5.74, 6) is 0.109. The first-order valence-electron chi connectivity index (χ1n) is 10.9. The molecular weight excluding hydrogens is 395 g/mol. The monoisotopic (exact) mass is 422 g/mol. The van der Waals surface area contributed by atoms with E-state index >= 15 is 0 Å². The number of nitrogens with zero attached hydrogens (tertiary/aromatic N) is 4. The van der Waals surface area contributed by atoms with Gasteiger partial charge in [0.15, 0.2) is 0 Å². The molecule has 31 heavy (non-hydrogen) atoms. The Balaban J connectivity index is 1.56. The predicted molar refractivity (Wildman–Crippen MR) is 116 cm³/mol. The van der Waals surface area contributed by atoms with Gasteiger partial charge in [0.1, 0.15) is 17.7 Å². The molecule has 2 aromatic rings. The number of anilines is 2. The van der Waals surface area contributed by atoms with Crippen molar-refractivity contribution in [2.24, 2.45) is 5.92 Å². The van der Waals surface area contributed by atoms with E-state index < -0.39 is 5.82 Å². The zero-order chi connectivity index (χ0) is 22.0. The normalized spacial score (nSPS) is 21.6. The summed E-state index contributed by atoms with van der Waals surface area (Å²) in [7, 11) is 0. The molecule has 2 atom stereocenters. The molecule has 3 N–H and O–H groups in total. The van der Waals surface area contributed by atoms with Crippen molar-refractivity contribution in [1.29, 1.82) is 5.26 Å². The molecule has 1 aliphatic carbocycles. The molecule has 1 saturated carbocycles. The molecule has 2 aliphatic rings.